The highest BCUT2D eigenvalue weighted by Crippen LogP contribution is 2.53. The van der Waals surface area contributed by atoms with E-state index in [1.54, 1.807) is 12.3 Å². The van der Waals surface area contributed by atoms with Crippen LogP contribution in [0, 0.1) is 22.6 Å². The van der Waals surface area contributed by atoms with E-state index in [4.69, 9.17) is 4.99 Å². The number of rotatable bonds is 6. The van der Waals surface area contributed by atoms with Crippen LogP contribution in [0.5, 0.6) is 0 Å². The lowest BCUT2D eigenvalue weighted by atomic mass is 9.63. The van der Waals surface area contributed by atoms with Crippen molar-refractivity contribution in [2.45, 2.75) is 64.2 Å². The summed E-state index contributed by atoms with van der Waals surface area (Å²) in [6, 6.07) is 10.2. The fourth-order valence-corrected chi connectivity index (χ4v) is 6.96. The van der Waals surface area contributed by atoms with Crippen molar-refractivity contribution in [2.24, 2.45) is 21.7 Å². The maximum Gasteiger partial charge on any atom is 0.269 e. The highest BCUT2D eigenvalue weighted by Gasteiger charge is 2.50. The summed E-state index contributed by atoms with van der Waals surface area (Å²) < 4.78 is 13.7. The number of aromatic amines is 1. The number of aliphatic imine (C=N–C) groups is 1. The number of aromatic nitrogens is 3. The molecule has 0 saturated heterocycles. The molecule has 1 spiro atoms. The third-order valence-corrected chi connectivity index (χ3v) is 9.63. The summed E-state index contributed by atoms with van der Waals surface area (Å²) >= 11 is 0. The number of fused-ring (bicyclic) bond motifs is 2. The predicted molar refractivity (Wildman–Crippen MR) is 155 cm³/mol. The van der Waals surface area contributed by atoms with E-state index in [9.17, 15) is 14.0 Å². The second kappa shape index (κ2) is 9.86. The lowest BCUT2D eigenvalue weighted by Gasteiger charge is -2.41. The molecule has 3 heterocycles. The Hall–Kier alpha value is -3.94. The first-order valence-corrected chi connectivity index (χ1v) is 14.7. The quantitative estimate of drug-likeness (QED) is 0.362. The SMILES string of the molecule is CC1(CNC(=O)c2[nH]nc3c2C(/C=C/c2ccc(-c4cccc(F)c4)cn2)C2C(=O)CC4(CCCC4)CC2=N3)CC1. The molecule has 210 valence electrons. The Morgan fingerprint density at radius 3 is 2.68 bits per heavy atom. The highest BCUT2D eigenvalue weighted by atomic mass is 19.1. The molecule has 2 unspecified atom stereocenters. The summed E-state index contributed by atoms with van der Waals surface area (Å²) in [4.78, 5) is 36.7. The molecule has 1 aliphatic heterocycles. The third kappa shape index (κ3) is 4.94. The van der Waals surface area contributed by atoms with E-state index in [2.05, 4.69) is 27.4 Å². The van der Waals surface area contributed by atoms with Crippen molar-refractivity contribution < 1.29 is 14.0 Å². The van der Waals surface area contributed by atoms with Crippen molar-refractivity contribution in [2.75, 3.05) is 6.54 Å². The number of pyridine rings is 1. The minimum atomic E-state index is -0.415. The molecular formula is C33H34FN5O2. The van der Waals surface area contributed by atoms with Gasteiger partial charge in [0.2, 0.25) is 0 Å². The van der Waals surface area contributed by atoms with Crippen LogP contribution in [0.1, 0.15) is 86.0 Å². The van der Waals surface area contributed by atoms with Gasteiger partial charge in [-0.15, -0.1) is 0 Å². The summed E-state index contributed by atoms with van der Waals surface area (Å²) in [7, 11) is 0. The van der Waals surface area contributed by atoms with Gasteiger partial charge in [-0.2, -0.15) is 5.10 Å². The smallest absolute Gasteiger partial charge is 0.269 e. The van der Waals surface area contributed by atoms with Gasteiger partial charge < -0.3 is 5.32 Å². The highest BCUT2D eigenvalue weighted by molar-refractivity contribution is 6.11. The lowest BCUT2D eigenvalue weighted by Crippen LogP contribution is -2.43. The van der Waals surface area contributed by atoms with E-state index >= 15 is 0 Å². The van der Waals surface area contributed by atoms with Crippen LogP contribution in [0.2, 0.25) is 0 Å². The number of carbonyl (C=O) groups excluding carboxylic acids is 2. The number of hydrogen-bond acceptors (Lipinski definition) is 5. The molecule has 1 amide bonds. The Labute approximate surface area is 238 Å². The van der Waals surface area contributed by atoms with Crippen LogP contribution in [0.4, 0.5) is 10.2 Å². The maximum absolute atomic E-state index is 13.8. The summed E-state index contributed by atoms with van der Waals surface area (Å²) in [6.45, 7) is 2.78. The monoisotopic (exact) mass is 551 g/mol. The Morgan fingerprint density at radius 1 is 1.12 bits per heavy atom. The Kier molecular flexibility index (Phi) is 6.25. The van der Waals surface area contributed by atoms with Gasteiger partial charge in [-0.1, -0.05) is 44.0 Å². The summed E-state index contributed by atoms with van der Waals surface area (Å²) in [6.07, 6.45) is 13.6. The van der Waals surface area contributed by atoms with Crippen molar-refractivity contribution in [1.29, 1.82) is 0 Å². The van der Waals surface area contributed by atoms with Gasteiger partial charge in [0.15, 0.2) is 5.82 Å². The average Bonchev–Trinajstić information content (AvgIpc) is 3.32. The standard InChI is InChI=1S/C33H34FN5O2/c1-32(13-14-32)19-36-31(41)29-28-24(10-9-23-8-7-21(18-35-23)20-5-4-6-22(34)15-20)27-25(37-30(28)39-38-29)16-33(17-26(27)40)11-2-3-12-33/h4-10,15,18,24,27H,2-3,11-14,16-17,19H2,1H3,(H,36,41)(H,38,39)/b10-9+. The van der Waals surface area contributed by atoms with Gasteiger partial charge in [0.05, 0.1) is 11.6 Å². The molecule has 1 aromatic carbocycles. The molecule has 3 saturated carbocycles. The van der Waals surface area contributed by atoms with Crippen molar-refractivity contribution in [3.05, 3.63) is 71.4 Å². The Bertz CT molecular complexity index is 1580. The van der Waals surface area contributed by atoms with E-state index in [0.717, 1.165) is 61.8 Å². The molecule has 8 heteroatoms. The van der Waals surface area contributed by atoms with Crippen molar-refractivity contribution >= 4 is 29.3 Å². The molecule has 2 N–H and O–H groups in total. The Morgan fingerprint density at radius 2 is 1.95 bits per heavy atom. The number of ketones is 1. The molecule has 0 bridgehead atoms. The zero-order valence-electron chi connectivity index (χ0n) is 23.3. The van der Waals surface area contributed by atoms with Crippen LogP contribution in [0.3, 0.4) is 0 Å². The third-order valence-electron chi connectivity index (χ3n) is 9.63. The second-order valence-corrected chi connectivity index (χ2v) is 12.8. The maximum atomic E-state index is 13.8. The first kappa shape index (κ1) is 26.0. The number of allylic oxidation sites excluding steroid dienone is 1. The fraction of sp³-hybridized carbons (Fsp3) is 0.424. The minimum absolute atomic E-state index is 0.0166. The Balaban J connectivity index is 1.22. The number of hydrogen-bond donors (Lipinski definition) is 2. The predicted octanol–water partition coefficient (Wildman–Crippen LogP) is 6.56. The molecule has 3 aromatic rings. The fourth-order valence-electron chi connectivity index (χ4n) is 6.96. The van der Waals surface area contributed by atoms with Crippen molar-refractivity contribution in [1.82, 2.24) is 20.5 Å². The van der Waals surface area contributed by atoms with Crippen LogP contribution >= 0.6 is 0 Å². The normalized spacial score (nSPS) is 23.8. The van der Waals surface area contributed by atoms with Crippen molar-refractivity contribution in [3.8, 4) is 11.1 Å². The molecule has 3 aliphatic carbocycles. The first-order valence-electron chi connectivity index (χ1n) is 14.7. The number of nitrogens with one attached hydrogen (secondary N) is 2. The number of benzene rings is 1. The molecule has 7 nitrogen and oxygen atoms in total. The molecule has 41 heavy (non-hydrogen) atoms. The molecule has 0 radical (unpaired) electrons. The van der Waals surface area contributed by atoms with Crippen LogP contribution < -0.4 is 5.32 Å². The number of H-pyrrole nitrogens is 1. The van der Waals surface area contributed by atoms with Gasteiger partial charge in [-0.3, -0.25) is 19.7 Å². The number of Topliss-reactive ketones (excluding diaryl/α,β-unsaturated/α-hetero) is 1. The topological polar surface area (TPSA) is 100 Å². The number of nitrogens with zero attached hydrogens (tertiary/aromatic N) is 3. The number of amides is 1. The zero-order chi connectivity index (χ0) is 28.2. The van der Waals surface area contributed by atoms with E-state index in [0.29, 0.717) is 35.7 Å². The van der Waals surface area contributed by atoms with Crippen LogP contribution in [0.25, 0.3) is 17.2 Å². The number of halogens is 1. The average molecular weight is 552 g/mol. The first-order chi connectivity index (χ1) is 19.8. The summed E-state index contributed by atoms with van der Waals surface area (Å²) in [5.74, 6) is -0.585. The lowest BCUT2D eigenvalue weighted by molar-refractivity contribution is -0.124. The summed E-state index contributed by atoms with van der Waals surface area (Å²) in [5, 5.41) is 10.5. The largest absolute Gasteiger partial charge is 0.350 e. The van der Waals surface area contributed by atoms with E-state index < -0.39 is 5.92 Å². The molecule has 2 aromatic heterocycles. The molecule has 3 fully saturated rings. The van der Waals surface area contributed by atoms with E-state index in [1.807, 2.05) is 30.4 Å². The van der Waals surface area contributed by atoms with E-state index in [-0.39, 0.29) is 34.3 Å². The van der Waals surface area contributed by atoms with Crippen LogP contribution in [-0.4, -0.2) is 39.1 Å². The van der Waals surface area contributed by atoms with Crippen LogP contribution in [0.15, 0.2) is 53.7 Å². The second-order valence-electron chi connectivity index (χ2n) is 12.8. The van der Waals surface area contributed by atoms with Crippen LogP contribution in [-0.2, 0) is 4.79 Å². The van der Waals surface area contributed by atoms with E-state index in [1.165, 1.54) is 12.1 Å². The molecule has 4 aliphatic rings. The van der Waals surface area contributed by atoms with Gasteiger partial charge in [0.25, 0.3) is 5.91 Å². The molecule has 2 atom stereocenters. The van der Waals surface area contributed by atoms with Crippen molar-refractivity contribution in [3.63, 3.8) is 0 Å². The molecular weight excluding hydrogens is 517 g/mol. The van der Waals surface area contributed by atoms with Gasteiger partial charge in [-0.25, -0.2) is 9.38 Å². The summed E-state index contributed by atoms with van der Waals surface area (Å²) in [5.41, 5.74) is 4.42. The molecule has 7 rings (SSSR count). The van der Waals surface area contributed by atoms with Gasteiger partial charge in [0, 0.05) is 41.9 Å². The van der Waals surface area contributed by atoms with Gasteiger partial charge in [-0.05, 0) is 72.8 Å². The van der Waals surface area contributed by atoms with Gasteiger partial charge in [0.1, 0.15) is 17.3 Å². The zero-order valence-corrected chi connectivity index (χ0v) is 23.3. The number of carbonyl (C=O) groups is 2. The van der Waals surface area contributed by atoms with Gasteiger partial charge >= 0.3 is 0 Å². The minimum Gasteiger partial charge on any atom is -0.350 e.